The first kappa shape index (κ1) is 17.0. The lowest BCUT2D eigenvalue weighted by molar-refractivity contribution is -0.129. The first-order chi connectivity index (χ1) is 9.86. The summed E-state index contributed by atoms with van der Waals surface area (Å²) in [4.78, 5) is 23.8. The second-order valence-electron chi connectivity index (χ2n) is 4.86. The first-order valence-electron chi connectivity index (χ1n) is 6.71. The van der Waals surface area contributed by atoms with Gasteiger partial charge in [0.15, 0.2) is 6.10 Å². The van der Waals surface area contributed by atoms with Gasteiger partial charge >= 0.3 is 5.97 Å². The summed E-state index contributed by atoms with van der Waals surface area (Å²) in [6.07, 6.45) is -0.878. The molecule has 6 heteroatoms. The van der Waals surface area contributed by atoms with Crippen LogP contribution in [0.4, 0.5) is 5.69 Å². The quantitative estimate of drug-likeness (QED) is 0.467. The largest absolute Gasteiger partial charge is 0.449 e. The molecule has 116 valence electrons. The van der Waals surface area contributed by atoms with Crippen molar-refractivity contribution in [3.8, 4) is 0 Å². The molecular formula is C15H22N2O4. The fraction of sp³-hybridized carbons (Fsp3) is 0.467. The van der Waals surface area contributed by atoms with Crippen LogP contribution in [0.15, 0.2) is 12.1 Å². The Balaban J connectivity index is 2.68. The molecule has 6 nitrogen and oxygen atoms in total. The van der Waals surface area contributed by atoms with Gasteiger partial charge in [-0.15, -0.1) is 0 Å². The number of rotatable bonds is 6. The summed E-state index contributed by atoms with van der Waals surface area (Å²) < 4.78 is 9.98. The first-order valence-corrected chi connectivity index (χ1v) is 6.71. The average Bonchev–Trinajstić information content (AvgIpc) is 2.42. The summed E-state index contributed by atoms with van der Waals surface area (Å²) in [5.41, 5.74) is 8.35. The molecule has 0 aliphatic rings. The number of nitrogens with one attached hydrogen (secondary N) is 1. The Morgan fingerprint density at radius 3 is 2.57 bits per heavy atom. The molecule has 0 bridgehead atoms. The van der Waals surface area contributed by atoms with Crippen LogP contribution in [0.25, 0.3) is 0 Å². The van der Waals surface area contributed by atoms with Gasteiger partial charge in [0.1, 0.15) is 0 Å². The molecule has 0 radical (unpaired) electrons. The summed E-state index contributed by atoms with van der Waals surface area (Å²) in [5.74, 6) is -0.924. The van der Waals surface area contributed by atoms with Crippen LogP contribution in [-0.2, 0) is 14.3 Å². The summed E-state index contributed by atoms with van der Waals surface area (Å²) in [6.45, 7) is 5.95. The molecule has 0 aromatic heterocycles. The zero-order valence-corrected chi connectivity index (χ0v) is 12.9. The monoisotopic (exact) mass is 294 g/mol. The third-order valence-electron chi connectivity index (χ3n) is 3.09. The van der Waals surface area contributed by atoms with E-state index in [1.807, 2.05) is 13.0 Å². The molecule has 1 rings (SSSR count). The standard InChI is InChI=1S/C15H22N2O4/c1-9-7-10(2)13(16)8-12(9)15(19)21-11(3)14(18)17-5-6-20-4/h7-8,11H,5-6,16H2,1-4H3,(H,17,18). The highest BCUT2D eigenvalue weighted by molar-refractivity contribution is 5.94. The molecule has 1 amide bonds. The summed E-state index contributed by atoms with van der Waals surface area (Å²) in [5, 5.41) is 2.61. The number of methoxy groups -OCH3 is 1. The minimum atomic E-state index is -0.878. The Hall–Kier alpha value is -2.08. The van der Waals surface area contributed by atoms with E-state index < -0.39 is 12.1 Å². The number of ether oxygens (including phenoxy) is 2. The van der Waals surface area contributed by atoms with Gasteiger partial charge in [-0.05, 0) is 38.0 Å². The lowest BCUT2D eigenvalue weighted by Crippen LogP contribution is -2.37. The van der Waals surface area contributed by atoms with Gasteiger partial charge in [0.25, 0.3) is 5.91 Å². The molecule has 1 aromatic carbocycles. The molecule has 0 heterocycles. The Morgan fingerprint density at radius 1 is 1.29 bits per heavy atom. The lowest BCUT2D eigenvalue weighted by atomic mass is 10.0. The van der Waals surface area contributed by atoms with Crippen molar-refractivity contribution in [1.29, 1.82) is 0 Å². The maximum Gasteiger partial charge on any atom is 0.339 e. The zero-order valence-electron chi connectivity index (χ0n) is 12.9. The number of esters is 1. The molecule has 21 heavy (non-hydrogen) atoms. The van der Waals surface area contributed by atoms with Crippen molar-refractivity contribution >= 4 is 17.6 Å². The van der Waals surface area contributed by atoms with E-state index in [9.17, 15) is 9.59 Å². The molecule has 0 aliphatic carbocycles. The second kappa shape index (κ2) is 7.64. The minimum absolute atomic E-state index is 0.363. The van der Waals surface area contributed by atoms with Crippen LogP contribution < -0.4 is 11.1 Å². The minimum Gasteiger partial charge on any atom is -0.449 e. The van der Waals surface area contributed by atoms with E-state index in [2.05, 4.69) is 5.32 Å². The number of hydrogen-bond acceptors (Lipinski definition) is 5. The van der Waals surface area contributed by atoms with Gasteiger partial charge in [-0.2, -0.15) is 0 Å². The number of aryl methyl sites for hydroxylation is 2. The van der Waals surface area contributed by atoms with E-state index in [-0.39, 0.29) is 5.91 Å². The highest BCUT2D eigenvalue weighted by Gasteiger charge is 2.20. The van der Waals surface area contributed by atoms with E-state index >= 15 is 0 Å². The van der Waals surface area contributed by atoms with Crippen LogP contribution in [0.3, 0.4) is 0 Å². The van der Waals surface area contributed by atoms with E-state index in [1.165, 1.54) is 6.92 Å². The molecule has 0 saturated heterocycles. The lowest BCUT2D eigenvalue weighted by Gasteiger charge is -2.15. The molecule has 0 aliphatic heterocycles. The van der Waals surface area contributed by atoms with E-state index in [1.54, 1.807) is 20.1 Å². The van der Waals surface area contributed by atoms with Crippen LogP contribution in [0.5, 0.6) is 0 Å². The van der Waals surface area contributed by atoms with Crippen molar-refractivity contribution in [1.82, 2.24) is 5.32 Å². The van der Waals surface area contributed by atoms with Gasteiger partial charge in [-0.3, -0.25) is 4.79 Å². The van der Waals surface area contributed by atoms with Crippen LogP contribution in [0, 0.1) is 13.8 Å². The smallest absolute Gasteiger partial charge is 0.339 e. The van der Waals surface area contributed by atoms with Crippen molar-refractivity contribution in [3.05, 3.63) is 28.8 Å². The molecule has 1 atom stereocenters. The van der Waals surface area contributed by atoms with Gasteiger partial charge in [0, 0.05) is 19.3 Å². The van der Waals surface area contributed by atoms with E-state index in [0.29, 0.717) is 24.4 Å². The van der Waals surface area contributed by atoms with Crippen molar-refractivity contribution in [3.63, 3.8) is 0 Å². The van der Waals surface area contributed by atoms with Crippen molar-refractivity contribution in [2.75, 3.05) is 26.0 Å². The van der Waals surface area contributed by atoms with Gasteiger partial charge in [-0.1, -0.05) is 6.07 Å². The number of anilines is 1. The van der Waals surface area contributed by atoms with Crippen LogP contribution in [-0.4, -0.2) is 38.2 Å². The maximum absolute atomic E-state index is 12.1. The Morgan fingerprint density at radius 2 is 1.95 bits per heavy atom. The van der Waals surface area contributed by atoms with E-state index in [4.69, 9.17) is 15.2 Å². The SMILES string of the molecule is COCCNC(=O)C(C)OC(=O)c1cc(N)c(C)cc1C. The molecule has 1 aromatic rings. The number of benzene rings is 1. The maximum atomic E-state index is 12.1. The second-order valence-corrected chi connectivity index (χ2v) is 4.86. The van der Waals surface area contributed by atoms with Crippen molar-refractivity contribution in [2.24, 2.45) is 0 Å². The molecular weight excluding hydrogens is 272 g/mol. The fourth-order valence-electron chi connectivity index (χ4n) is 1.79. The zero-order chi connectivity index (χ0) is 16.0. The topological polar surface area (TPSA) is 90.6 Å². The highest BCUT2D eigenvalue weighted by Crippen LogP contribution is 2.19. The third kappa shape index (κ3) is 4.75. The third-order valence-corrected chi connectivity index (χ3v) is 3.09. The van der Waals surface area contributed by atoms with Crippen LogP contribution >= 0.6 is 0 Å². The summed E-state index contributed by atoms with van der Waals surface area (Å²) >= 11 is 0. The van der Waals surface area contributed by atoms with E-state index in [0.717, 1.165) is 11.1 Å². The molecule has 1 unspecified atom stereocenters. The molecule has 0 spiro atoms. The summed E-state index contributed by atoms with van der Waals surface area (Å²) in [6, 6.07) is 3.39. The van der Waals surface area contributed by atoms with Crippen LogP contribution in [0.2, 0.25) is 0 Å². The Labute approximate surface area is 124 Å². The molecule has 0 saturated carbocycles. The number of hydrogen-bond donors (Lipinski definition) is 2. The number of nitrogen functional groups attached to an aromatic ring is 1. The fourth-order valence-corrected chi connectivity index (χ4v) is 1.79. The van der Waals surface area contributed by atoms with Crippen LogP contribution in [0.1, 0.15) is 28.4 Å². The number of carbonyl (C=O) groups is 2. The van der Waals surface area contributed by atoms with Gasteiger partial charge in [0.05, 0.1) is 12.2 Å². The van der Waals surface area contributed by atoms with Gasteiger partial charge in [-0.25, -0.2) is 4.79 Å². The van der Waals surface area contributed by atoms with Gasteiger partial charge in [0.2, 0.25) is 0 Å². The van der Waals surface area contributed by atoms with Crippen molar-refractivity contribution in [2.45, 2.75) is 26.9 Å². The molecule has 0 fully saturated rings. The van der Waals surface area contributed by atoms with Gasteiger partial charge < -0.3 is 20.5 Å². The average molecular weight is 294 g/mol. The Bertz CT molecular complexity index is 529. The van der Waals surface area contributed by atoms with Crippen molar-refractivity contribution < 1.29 is 19.1 Å². The predicted octanol–water partition coefficient (Wildman–Crippen LogP) is 1.19. The Kier molecular flexibility index (Phi) is 6.17. The summed E-state index contributed by atoms with van der Waals surface area (Å²) in [7, 11) is 1.54. The number of nitrogens with two attached hydrogens (primary N) is 1. The molecule has 3 N–H and O–H groups in total. The predicted molar refractivity (Wildman–Crippen MR) is 80.1 cm³/mol. The number of amides is 1. The number of carbonyl (C=O) groups excluding carboxylic acids is 2. The highest BCUT2D eigenvalue weighted by atomic mass is 16.5. The normalized spacial score (nSPS) is 11.8.